The van der Waals surface area contributed by atoms with Crippen LogP contribution in [-0.2, 0) is 6.54 Å². The molecule has 0 saturated heterocycles. The van der Waals surface area contributed by atoms with Gasteiger partial charge in [-0.1, -0.05) is 11.6 Å². The maximum Gasteiger partial charge on any atom is 0.189 e. The first kappa shape index (κ1) is 11.4. The summed E-state index contributed by atoms with van der Waals surface area (Å²) in [5.74, 6) is 0. The van der Waals surface area contributed by atoms with Gasteiger partial charge >= 0.3 is 0 Å². The normalized spacial score (nSPS) is 12.1. The summed E-state index contributed by atoms with van der Waals surface area (Å²) < 4.78 is 2.12. The molecule has 0 spiro atoms. The number of thiazole rings is 1. The molecule has 16 heavy (non-hydrogen) atoms. The molecule has 1 aromatic carbocycles. The van der Waals surface area contributed by atoms with E-state index in [2.05, 4.69) is 22.7 Å². The molecule has 2 rings (SSSR count). The van der Waals surface area contributed by atoms with Gasteiger partial charge in [-0.3, -0.25) is 0 Å². The van der Waals surface area contributed by atoms with Crippen molar-refractivity contribution in [1.82, 2.24) is 4.57 Å². The van der Waals surface area contributed by atoms with Gasteiger partial charge in [0.05, 0.1) is 5.69 Å². The Balaban J connectivity index is 2.50. The van der Waals surface area contributed by atoms with Crippen molar-refractivity contribution in [3.8, 4) is 0 Å². The number of aryl methyl sites for hydroxylation is 2. The van der Waals surface area contributed by atoms with Crippen molar-refractivity contribution in [1.29, 1.82) is 0 Å². The second-order valence-electron chi connectivity index (χ2n) is 3.51. The zero-order valence-electron chi connectivity index (χ0n) is 9.27. The highest BCUT2D eigenvalue weighted by Gasteiger charge is 1.98. The van der Waals surface area contributed by atoms with Crippen LogP contribution in [0.5, 0.6) is 0 Å². The summed E-state index contributed by atoms with van der Waals surface area (Å²) in [5.41, 5.74) is 2.08. The van der Waals surface area contributed by atoms with Crippen molar-refractivity contribution in [3.63, 3.8) is 0 Å². The fraction of sp³-hybridized carbons (Fsp3) is 0.250. The highest BCUT2D eigenvalue weighted by molar-refractivity contribution is 7.07. The zero-order chi connectivity index (χ0) is 11.5. The molecule has 0 aliphatic carbocycles. The Morgan fingerprint density at radius 1 is 1.44 bits per heavy atom. The van der Waals surface area contributed by atoms with Crippen LogP contribution in [0.3, 0.4) is 0 Å². The van der Waals surface area contributed by atoms with Crippen LogP contribution in [0.1, 0.15) is 12.5 Å². The Kier molecular flexibility index (Phi) is 3.46. The van der Waals surface area contributed by atoms with Gasteiger partial charge in [0.2, 0.25) is 0 Å². The predicted octanol–water partition coefficient (Wildman–Crippen LogP) is 3.76. The molecule has 1 heterocycles. The van der Waals surface area contributed by atoms with Crippen LogP contribution in [0, 0.1) is 6.92 Å². The molecule has 0 saturated carbocycles. The highest BCUT2D eigenvalue weighted by atomic mass is 35.5. The quantitative estimate of drug-likeness (QED) is 0.774. The molecule has 0 atom stereocenters. The van der Waals surface area contributed by atoms with Crippen LogP contribution < -0.4 is 4.80 Å². The average Bonchev–Trinajstić information content (AvgIpc) is 2.69. The maximum absolute atomic E-state index is 5.91. The fourth-order valence-electron chi connectivity index (χ4n) is 1.47. The van der Waals surface area contributed by atoms with E-state index in [-0.39, 0.29) is 0 Å². The number of hydrogen-bond acceptors (Lipinski definition) is 2. The van der Waals surface area contributed by atoms with Gasteiger partial charge in [0.25, 0.3) is 0 Å². The molecule has 0 aliphatic heterocycles. The van der Waals surface area contributed by atoms with E-state index in [1.807, 2.05) is 30.5 Å². The van der Waals surface area contributed by atoms with Crippen molar-refractivity contribution in [2.75, 3.05) is 0 Å². The smallest absolute Gasteiger partial charge is 0.189 e. The Labute approximate surface area is 104 Å². The van der Waals surface area contributed by atoms with E-state index < -0.39 is 0 Å². The van der Waals surface area contributed by atoms with Gasteiger partial charge in [0.15, 0.2) is 4.80 Å². The van der Waals surface area contributed by atoms with Crippen LogP contribution in [0.25, 0.3) is 0 Å². The van der Waals surface area contributed by atoms with Gasteiger partial charge in [-0.15, -0.1) is 11.3 Å². The molecule has 0 radical (unpaired) electrons. The molecule has 0 fully saturated rings. The minimum Gasteiger partial charge on any atom is -0.324 e. The molecule has 4 heteroatoms. The molecular formula is C12H13ClN2S. The van der Waals surface area contributed by atoms with Gasteiger partial charge in [-0.05, 0) is 37.6 Å². The first-order valence-corrected chi connectivity index (χ1v) is 6.41. The van der Waals surface area contributed by atoms with Crippen LogP contribution >= 0.6 is 22.9 Å². The largest absolute Gasteiger partial charge is 0.324 e. The van der Waals surface area contributed by atoms with E-state index in [0.717, 1.165) is 27.6 Å². The second-order valence-corrected chi connectivity index (χ2v) is 4.82. The highest BCUT2D eigenvalue weighted by Crippen LogP contribution is 2.21. The second kappa shape index (κ2) is 4.85. The molecule has 0 unspecified atom stereocenters. The number of hydrogen-bond donors (Lipinski definition) is 0. The van der Waals surface area contributed by atoms with E-state index in [0.29, 0.717) is 0 Å². The van der Waals surface area contributed by atoms with Crippen LogP contribution in [0.15, 0.2) is 34.8 Å². The maximum atomic E-state index is 5.91. The minimum absolute atomic E-state index is 0.756. The molecule has 2 nitrogen and oxygen atoms in total. The Morgan fingerprint density at radius 3 is 2.94 bits per heavy atom. The lowest BCUT2D eigenvalue weighted by atomic mass is 10.2. The standard InChI is InChI=1S/C12H13ClN2S/c1-3-15-6-7-16-12(15)14-11-5-4-10(13)8-9(11)2/h4-8H,3H2,1-2H3. The third kappa shape index (κ3) is 2.36. The molecule has 0 N–H and O–H groups in total. The van der Waals surface area contributed by atoms with Gasteiger partial charge in [-0.2, -0.15) is 0 Å². The number of nitrogens with zero attached hydrogens (tertiary/aromatic N) is 2. The van der Waals surface area contributed by atoms with E-state index in [1.54, 1.807) is 11.3 Å². The van der Waals surface area contributed by atoms with Crippen molar-refractivity contribution in [2.24, 2.45) is 4.99 Å². The monoisotopic (exact) mass is 252 g/mol. The zero-order valence-corrected chi connectivity index (χ0v) is 10.8. The van der Waals surface area contributed by atoms with Gasteiger partial charge < -0.3 is 4.57 Å². The summed E-state index contributed by atoms with van der Waals surface area (Å²) in [4.78, 5) is 5.66. The lowest BCUT2D eigenvalue weighted by Gasteiger charge is -2.00. The lowest BCUT2D eigenvalue weighted by molar-refractivity contribution is 0.737. The van der Waals surface area contributed by atoms with Gasteiger partial charge in [0.1, 0.15) is 0 Å². The van der Waals surface area contributed by atoms with Crippen LogP contribution in [-0.4, -0.2) is 4.57 Å². The first-order valence-electron chi connectivity index (χ1n) is 5.15. The van der Waals surface area contributed by atoms with Gasteiger partial charge in [-0.25, -0.2) is 4.99 Å². The summed E-state index contributed by atoms with van der Waals surface area (Å²) in [6.45, 7) is 5.07. The van der Waals surface area contributed by atoms with Gasteiger partial charge in [0, 0.05) is 23.1 Å². The molecule has 2 aromatic rings. The first-order chi connectivity index (χ1) is 7.70. The van der Waals surface area contributed by atoms with Crippen molar-refractivity contribution >= 4 is 28.6 Å². The minimum atomic E-state index is 0.756. The van der Waals surface area contributed by atoms with Crippen LogP contribution in [0.4, 0.5) is 5.69 Å². The number of benzene rings is 1. The molecular weight excluding hydrogens is 240 g/mol. The van der Waals surface area contributed by atoms with E-state index >= 15 is 0 Å². The molecule has 0 aliphatic rings. The number of aromatic nitrogens is 1. The molecule has 0 bridgehead atoms. The van der Waals surface area contributed by atoms with E-state index in [9.17, 15) is 0 Å². The average molecular weight is 253 g/mol. The lowest BCUT2D eigenvalue weighted by Crippen LogP contribution is -2.11. The van der Waals surface area contributed by atoms with E-state index in [4.69, 9.17) is 11.6 Å². The Bertz CT molecular complexity index is 554. The SMILES string of the molecule is CCn1ccsc1=Nc1ccc(Cl)cc1C. The summed E-state index contributed by atoms with van der Waals surface area (Å²) in [5, 5.41) is 2.80. The molecule has 84 valence electrons. The third-order valence-corrected chi connectivity index (χ3v) is 3.41. The van der Waals surface area contributed by atoms with E-state index in [1.165, 1.54) is 0 Å². The van der Waals surface area contributed by atoms with Crippen molar-refractivity contribution in [3.05, 3.63) is 45.2 Å². The van der Waals surface area contributed by atoms with Crippen molar-refractivity contribution in [2.45, 2.75) is 20.4 Å². The third-order valence-electron chi connectivity index (χ3n) is 2.38. The predicted molar refractivity (Wildman–Crippen MR) is 69.4 cm³/mol. The Morgan fingerprint density at radius 2 is 2.25 bits per heavy atom. The summed E-state index contributed by atoms with van der Waals surface area (Å²) in [6, 6.07) is 5.76. The van der Waals surface area contributed by atoms with Crippen molar-refractivity contribution < 1.29 is 0 Å². The Hall–Kier alpha value is -1.06. The topological polar surface area (TPSA) is 17.3 Å². The summed E-state index contributed by atoms with van der Waals surface area (Å²) >= 11 is 7.56. The van der Waals surface area contributed by atoms with Crippen LogP contribution in [0.2, 0.25) is 5.02 Å². The molecule has 0 amide bonds. The fourth-order valence-corrected chi connectivity index (χ4v) is 2.51. The number of rotatable bonds is 2. The summed E-state index contributed by atoms with van der Waals surface area (Å²) in [6.07, 6.45) is 2.05. The molecule has 1 aromatic heterocycles. The number of halogens is 1. The summed E-state index contributed by atoms with van der Waals surface area (Å²) in [7, 11) is 0.